The molecule has 0 spiro atoms. The van der Waals surface area contributed by atoms with E-state index < -0.39 is 6.16 Å². The molecule has 0 fully saturated rings. The second kappa shape index (κ2) is 4.17. The van der Waals surface area contributed by atoms with Crippen LogP contribution in [0.1, 0.15) is 0 Å². The minimum absolute atomic E-state index is 0.225. The Labute approximate surface area is 54.8 Å². The van der Waals surface area contributed by atoms with E-state index in [-0.39, 0.29) is 6.61 Å². The van der Waals surface area contributed by atoms with E-state index >= 15 is 0 Å². The summed E-state index contributed by atoms with van der Waals surface area (Å²) in [7, 11) is 0. The van der Waals surface area contributed by atoms with E-state index in [4.69, 9.17) is 0 Å². The highest BCUT2D eigenvalue weighted by Crippen LogP contribution is 1.82. The predicted molar refractivity (Wildman–Crippen MR) is 30.9 cm³/mol. The lowest BCUT2D eigenvalue weighted by atomic mass is 10.9. The molecule has 0 atom stereocenters. The van der Waals surface area contributed by atoms with Gasteiger partial charge >= 0.3 is 6.16 Å². The van der Waals surface area contributed by atoms with Crippen LogP contribution in [-0.2, 0) is 9.84 Å². The molecule has 0 amide bonds. The Bertz CT molecular complexity index is 63.2. The minimum atomic E-state index is -1.45. The molecule has 0 aliphatic carbocycles. The quantitative estimate of drug-likeness (QED) is 0.391. The monoisotopic (exact) mass is 215 g/mol. The molecule has 7 heavy (non-hydrogen) atoms. The van der Waals surface area contributed by atoms with Gasteiger partial charge in [0.2, 0.25) is 0 Å². The number of halogens is 1. The molecule has 3 nitrogen and oxygen atoms in total. The summed E-state index contributed by atoms with van der Waals surface area (Å²) in [6.07, 6.45) is -1.45. The summed E-state index contributed by atoms with van der Waals surface area (Å²) >= 11 is 2.00. The molecule has 0 saturated carbocycles. The summed E-state index contributed by atoms with van der Waals surface area (Å²) in [6, 6.07) is 0. The summed E-state index contributed by atoms with van der Waals surface area (Å²) in [5, 5.41) is 9.42. The third kappa shape index (κ3) is 6.00. The van der Waals surface area contributed by atoms with Crippen LogP contribution < -0.4 is 0 Å². The Morgan fingerprint density at radius 1 is 1.71 bits per heavy atom. The molecule has 0 rings (SSSR count). The van der Waals surface area contributed by atoms with E-state index in [1.54, 1.807) is 0 Å². The van der Waals surface area contributed by atoms with Crippen molar-refractivity contribution < 1.29 is 14.6 Å². The Hall–Kier alpha value is 0. The molecule has 0 aromatic rings. The highest BCUT2D eigenvalue weighted by Gasteiger charge is 1.94. The number of hydrogen-bond donors (Lipinski definition) is 0. The number of ether oxygens (including phenoxy) is 1. The average Bonchev–Trinajstić information content (AvgIpc) is 1.61. The fourth-order valence-electron chi connectivity index (χ4n) is 0.122. The minimum Gasteiger partial charge on any atom is -0.431 e. The predicted octanol–water partition coefficient (Wildman–Crippen LogP) is 0.989. The lowest BCUT2D eigenvalue weighted by Crippen LogP contribution is -1.99. The largest absolute Gasteiger partial charge is 0.550 e. The van der Waals surface area contributed by atoms with Gasteiger partial charge in [0.15, 0.2) is 0 Å². The van der Waals surface area contributed by atoms with Gasteiger partial charge in [0, 0.05) is 4.43 Å². The van der Waals surface area contributed by atoms with Crippen molar-refractivity contribution in [1.82, 2.24) is 0 Å². The highest BCUT2D eigenvalue weighted by molar-refractivity contribution is 14.1. The van der Waals surface area contributed by atoms with Crippen LogP contribution in [0.2, 0.25) is 0 Å². The van der Waals surface area contributed by atoms with Gasteiger partial charge in [-0.2, -0.15) is 9.90 Å². The smallest absolute Gasteiger partial charge is 0.431 e. The maximum Gasteiger partial charge on any atom is 0.550 e. The maximum atomic E-state index is 9.42. The van der Waals surface area contributed by atoms with E-state index in [1.807, 2.05) is 22.6 Å². The summed E-state index contributed by atoms with van der Waals surface area (Å²) in [6.45, 7) is 0.225. The molecule has 0 heterocycles. The van der Waals surface area contributed by atoms with Crippen LogP contribution in [-0.4, -0.2) is 17.2 Å². The van der Waals surface area contributed by atoms with Gasteiger partial charge in [-0.3, -0.25) is 0 Å². The first-order chi connectivity index (χ1) is 3.27. The second-order valence-electron chi connectivity index (χ2n) is 0.787. The molecule has 0 bridgehead atoms. The van der Waals surface area contributed by atoms with E-state index in [0.29, 0.717) is 4.43 Å². The van der Waals surface area contributed by atoms with Crippen LogP contribution in [0.3, 0.4) is 0 Å². The third-order valence-electron chi connectivity index (χ3n) is 0.297. The lowest BCUT2D eigenvalue weighted by molar-refractivity contribution is 0.0735. The van der Waals surface area contributed by atoms with Crippen molar-refractivity contribution in [3.05, 3.63) is 0 Å². The number of alkyl halides is 1. The summed E-state index contributed by atoms with van der Waals surface area (Å²) < 4.78 is 4.66. The molecule has 0 aromatic carbocycles. The number of carbonyl (C=O) groups is 1. The Morgan fingerprint density at radius 3 is 2.43 bits per heavy atom. The first kappa shape index (κ1) is 7.00. The second-order valence-corrected chi connectivity index (χ2v) is 1.87. The fourth-order valence-corrected chi connectivity index (χ4v) is 0.342. The Morgan fingerprint density at radius 2 is 2.29 bits per heavy atom. The summed E-state index contributed by atoms with van der Waals surface area (Å²) in [5.41, 5.74) is 0. The molecule has 1 radical (unpaired) electrons. The molecule has 0 aliphatic rings. The molecule has 0 aromatic heterocycles. The van der Waals surface area contributed by atoms with Crippen molar-refractivity contribution >= 4 is 28.7 Å². The van der Waals surface area contributed by atoms with Crippen LogP contribution in [0, 0.1) is 0 Å². The summed E-state index contributed by atoms with van der Waals surface area (Å²) in [4.78, 5) is 9.42. The van der Waals surface area contributed by atoms with Crippen LogP contribution in [0.15, 0.2) is 0 Å². The van der Waals surface area contributed by atoms with Crippen molar-refractivity contribution in [3.63, 3.8) is 0 Å². The molecular weight excluding hydrogens is 211 g/mol. The molecule has 0 N–H and O–H groups in total. The zero-order valence-electron chi connectivity index (χ0n) is 3.52. The van der Waals surface area contributed by atoms with Crippen molar-refractivity contribution in [2.45, 2.75) is 0 Å². The fraction of sp³-hybridized carbons (Fsp3) is 0.667. The topological polar surface area (TPSA) is 46.2 Å². The normalized spacial score (nSPS) is 8.14. The van der Waals surface area contributed by atoms with Crippen molar-refractivity contribution in [2.75, 3.05) is 11.0 Å². The standard InChI is InChI=1S/C3H4IO3/c4-1-2-7-3(5)6/h1-2H2. The zero-order chi connectivity index (χ0) is 5.70. The molecule has 41 valence electrons. The van der Waals surface area contributed by atoms with Gasteiger partial charge in [0.25, 0.3) is 0 Å². The van der Waals surface area contributed by atoms with E-state index in [9.17, 15) is 9.90 Å². The van der Waals surface area contributed by atoms with Crippen LogP contribution in [0.5, 0.6) is 0 Å². The van der Waals surface area contributed by atoms with E-state index in [1.165, 1.54) is 0 Å². The van der Waals surface area contributed by atoms with Crippen LogP contribution in [0.25, 0.3) is 0 Å². The third-order valence-corrected chi connectivity index (χ3v) is 0.737. The van der Waals surface area contributed by atoms with Crippen molar-refractivity contribution in [1.29, 1.82) is 0 Å². The van der Waals surface area contributed by atoms with Gasteiger partial charge in [-0.1, -0.05) is 22.6 Å². The number of hydrogen-bond acceptors (Lipinski definition) is 2. The van der Waals surface area contributed by atoms with Gasteiger partial charge < -0.3 is 4.74 Å². The lowest BCUT2D eigenvalue weighted by Gasteiger charge is -1.88. The molecular formula is C3H4IO3. The molecule has 0 aliphatic heterocycles. The van der Waals surface area contributed by atoms with Crippen LogP contribution >= 0.6 is 22.6 Å². The Balaban J connectivity index is 2.82. The average molecular weight is 215 g/mol. The maximum absolute atomic E-state index is 9.42. The van der Waals surface area contributed by atoms with Gasteiger partial charge in [-0.15, -0.1) is 0 Å². The van der Waals surface area contributed by atoms with E-state index in [2.05, 4.69) is 4.74 Å². The molecule has 4 heteroatoms. The van der Waals surface area contributed by atoms with E-state index in [0.717, 1.165) is 0 Å². The van der Waals surface area contributed by atoms with Gasteiger partial charge in [-0.25, -0.2) is 0 Å². The SMILES string of the molecule is [O]C(=O)OCCI. The summed E-state index contributed by atoms with van der Waals surface area (Å²) in [5.74, 6) is 0. The first-order valence-corrected chi connectivity index (χ1v) is 3.19. The Kier molecular flexibility index (Phi) is 4.17. The van der Waals surface area contributed by atoms with Crippen molar-refractivity contribution in [3.8, 4) is 0 Å². The zero-order valence-corrected chi connectivity index (χ0v) is 5.67. The first-order valence-electron chi connectivity index (χ1n) is 1.67. The molecule has 0 unspecified atom stereocenters. The van der Waals surface area contributed by atoms with Gasteiger partial charge in [0.05, 0.1) is 0 Å². The van der Waals surface area contributed by atoms with Crippen molar-refractivity contribution in [2.24, 2.45) is 0 Å². The highest BCUT2D eigenvalue weighted by atomic mass is 127. The van der Waals surface area contributed by atoms with Gasteiger partial charge in [-0.05, 0) is 0 Å². The number of rotatable bonds is 2. The van der Waals surface area contributed by atoms with Crippen LogP contribution in [0.4, 0.5) is 4.79 Å². The molecule has 0 saturated heterocycles. The van der Waals surface area contributed by atoms with Gasteiger partial charge in [0.1, 0.15) is 6.61 Å². The number of carbonyl (C=O) groups excluding carboxylic acids is 1.